The second-order valence-corrected chi connectivity index (χ2v) is 10.5. The number of carbonyl (C=O) groups is 6. The Kier molecular flexibility index (Phi) is 12.1. The molecule has 0 N–H and O–H groups in total. The van der Waals surface area contributed by atoms with E-state index in [1.807, 2.05) is 6.92 Å². The number of ether oxygens (including phenoxy) is 9. The van der Waals surface area contributed by atoms with Crippen LogP contribution < -0.4 is 9.47 Å². The van der Waals surface area contributed by atoms with E-state index < -0.39 is 60.6 Å². The molecule has 0 saturated carbocycles. The molecule has 0 aliphatic carbocycles. The molecular weight excluding hydrogens is 612 g/mol. The highest BCUT2D eigenvalue weighted by Gasteiger charge is 2.56. The lowest BCUT2D eigenvalue weighted by molar-refractivity contribution is -0.282. The van der Waals surface area contributed by atoms with Gasteiger partial charge in [0.1, 0.15) is 23.7 Å². The van der Waals surface area contributed by atoms with Crippen molar-refractivity contribution < 1.29 is 71.4 Å². The van der Waals surface area contributed by atoms with E-state index in [0.29, 0.717) is 28.9 Å². The second-order valence-electron chi connectivity index (χ2n) is 10.5. The van der Waals surface area contributed by atoms with Gasteiger partial charge in [0.15, 0.2) is 18.3 Å². The molecule has 15 heteroatoms. The van der Waals surface area contributed by atoms with Crippen LogP contribution in [0.5, 0.6) is 11.5 Å². The SMILES string of the molecule is COC(=O)CC/C(C)=C/Cc1c(OC)c(C)c2c(c1O[C@@H]1O[C@H](C(=O)OC)[C@@H](OC(C)=O)[C@H](OC(C)=O)[C@H]1OC(C)=O)C(=O)OC2. The van der Waals surface area contributed by atoms with Crippen LogP contribution in [0.1, 0.15) is 67.6 Å². The summed E-state index contributed by atoms with van der Waals surface area (Å²) >= 11 is 0. The minimum atomic E-state index is -1.72. The van der Waals surface area contributed by atoms with Crippen molar-refractivity contribution in [2.24, 2.45) is 0 Å². The number of benzene rings is 1. The first kappa shape index (κ1) is 35.8. The number of esters is 6. The maximum Gasteiger partial charge on any atom is 0.342 e. The van der Waals surface area contributed by atoms with Gasteiger partial charge in [-0.2, -0.15) is 0 Å². The van der Waals surface area contributed by atoms with Crippen LogP contribution in [0.2, 0.25) is 0 Å². The molecule has 0 radical (unpaired) electrons. The highest BCUT2D eigenvalue weighted by Crippen LogP contribution is 2.44. The number of hydrogen-bond donors (Lipinski definition) is 0. The average molecular weight is 651 g/mol. The predicted octanol–water partition coefficient (Wildman–Crippen LogP) is 2.19. The molecule has 0 spiro atoms. The monoisotopic (exact) mass is 650 g/mol. The first-order valence-electron chi connectivity index (χ1n) is 14.3. The minimum absolute atomic E-state index is 0.0415. The fourth-order valence-corrected chi connectivity index (χ4v) is 5.21. The number of allylic oxidation sites excluding steroid dienone is 2. The lowest BCUT2D eigenvalue weighted by Gasteiger charge is -2.43. The average Bonchev–Trinajstić information content (AvgIpc) is 3.39. The summed E-state index contributed by atoms with van der Waals surface area (Å²) in [6.07, 6.45) is -5.81. The molecule has 0 amide bonds. The van der Waals surface area contributed by atoms with Gasteiger partial charge in [-0.1, -0.05) is 11.6 Å². The van der Waals surface area contributed by atoms with Crippen LogP contribution in [0.4, 0.5) is 0 Å². The topological polar surface area (TPSA) is 185 Å². The zero-order chi connectivity index (χ0) is 34.3. The lowest BCUT2D eigenvalue weighted by atomic mass is 9.94. The van der Waals surface area contributed by atoms with E-state index in [0.717, 1.165) is 33.5 Å². The molecule has 1 saturated heterocycles. The number of rotatable bonds is 12. The molecule has 2 heterocycles. The van der Waals surface area contributed by atoms with Gasteiger partial charge in [-0.15, -0.1) is 0 Å². The molecule has 252 valence electrons. The molecule has 3 rings (SSSR count). The lowest BCUT2D eigenvalue weighted by Crippen LogP contribution is -2.64. The second kappa shape index (κ2) is 15.6. The van der Waals surface area contributed by atoms with Crippen LogP contribution in [0.3, 0.4) is 0 Å². The number of fused-ring (bicyclic) bond motifs is 1. The van der Waals surface area contributed by atoms with E-state index in [-0.39, 0.29) is 36.7 Å². The molecule has 2 aliphatic rings. The van der Waals surface area contributed by atoms with Gasteiger partial charge in [-0.3, -0.25) is 19.2 Å². The summed E-state index contributed by atoms with van der Waals surface area (Å²) in [5.41, 5.74) is 2.29. The van der Waals surface area contributed by atoms with Crippen molar-refractivity contribution >= 4 is 35.8 Å². The van der Waals surface area contributed by atoms with Gasteiger partial charge in [0.05, 0.1) is 21.3 Å². The highest BCUT2D eigenvalue weighted by molar-refractivity contribution is 5.98. The molecule has 0 unspecified atom stereocenters. The molecule has 5 atom stereocenters. The van der Waals surface area contributed by atoms with Crippen molar-refractivity contribution in [3.05, 3.63) is 33.9 Å². The van der Waals surface area contributed by atoms with Gasteiger partial charge in [0, 0.05) is 38.3 Å². The molecule has 0 bridgehead atoms. The summed E-state index contributed by atoms with van der Waals surface area (Å²) < 4.78 is 49.1. The van der Waals surface area contributed by atoms with Crippen molar-refractivity contribution in [3.63, 3.8) is 0 Å². The Morgan fingerprint density at radius 3 is 2.00 bits per heavy atom. The maximum atomic E-state index is 13.1. The van der Waals surface area contributed by atoms with Crippen molar-refractivity contribution in [1.82, 2.24) is 0 Å². The Balaban J connectivity index is 2.21. The number of methoxy groups -OCH3 is 3. The first-order chi connectivity index (χ1) is 21.7. The zero-order valence-electron chi connectivity index (χ0n) is 26.9. The van der Waals surface area contributed by atoms with E-state index in [2.05, 4.69) is 0 Å². The van der Waals surface area contributed by atoms with Crippen LogP contribution in [0, 0.1) is 6.92 Å². The summed E-state index contributed by atoms with van der Waals surface area (Å²) in [6, 6.07) is 0. The first-order valence-corrected chi connectivity index (χ1v) is 14.3. The van der Waals surface area contributed by atoms with Gasteiger partial charge in [-0.05, 0) is 32.3 Å². The Morgan fingerprint density at radius 2 is 1.43 bits per heavy atom. The molecule has 1 fully saturated rings. The number of carbonyl (C=O) groups excluding carboxylic acids is 6. The third kappa shape index (κ3) is 8.13. The standard InChI is InChI=1S/C31H38O15/c1-14(10-12-21(35)38-6)9-11-19-23(39-7)15(2)20-13-41-29(36)22(20)24(19)45-31-28(44-18(5)34)26(43-17(4)33)25(42-16(3)32)27(46-31)30(37)40-8/h9,25-28,31H,10-13H2,1-8H3/b14-9+/t25-,26-,27-,28+,31+/m0/s1. The van der Waals surface area contributed by atoms with Gasteiger partial charge in [0.2, 0.25) is 12.4 Å². The summed E-state index contributed by atoms with van der Waals surface area (Å²) in [5, 5.41) is 0. The van der Waals surface area contributed by atoms with Crippen LogP contribution in [0.25, 0.3) is 0 Å². The van der Waals surface area contributed by atoms with E-state index in [4.69, 9.17) is 42.6 Å². The van der Waals surface area contributed by atoms with E-state index in [1.54, 1.807) is 13.0 Å². The maximum absolute atomic E-state index is 13.1. The number of cyclic esters (lactones) is 1. The molecule has 15 nitrogen and oxygen atoms in total. The van der Waals surface area contributed by atoms with Crippen molar-refractivity contribution in [3.8, 4) is 11.5 Å². The predicted molar refractivity (Wildman–Crippen MR) is 154 cm³/mol. The van der Waals surface area contributed by atoms with Gasteiger partial charge >= 0.3 is 35.8 Å². The van der Waals surface area contributed by atoms with Gasteiger partial charge in [-0.25, -0.2) is 9.59 Å². The number of hydrogen-bond acceptors (Lipinski definition) is 15. The Bertz CT molecular complexity index is 1410. The van der Waals surface area contributed by atoms with Crippen LogP contribution >= 0.6 is 0 Å². The third-order valence-corrected chi connectivity index (χ3v) is 7.30. The largest absolute Gasteiger partial charge is 0.496 e. The molecule has 1 aromatic rings. The van der Waals surface area contributed by atoms with Crippen molar-refractivity contribution in [2.45, 2.75) is 91.2 Å². The molecule has 0 aromatic heterocycles. The Labute approximate surface area is 265 Å². The van der Waals surface area contributed by atoms with Crippen LogP contribution in [-0.4, -0.2) is 87.9 Å². The minimum Gasteiger partial charge on any atom is -0.496 e. The summed E-state index contributed by atoms with van der Waals surface area (Å²) in [4.78, 5) is 74.2. The summed E-state index contributed by atoms with van der Waals surface area (Å²) in [7, 11) is 3.79. The van der Waals surface area contributed by atoms with Crippen molar-refractivity contribution in [1.29, 1.82) is 0 Å². The molecule has 46 heavy (non-hydrogen) atoms. The Hall–Kier alpha value is -4.66. The van der Waals surface area contributed by atoms with E-state index in [9.17, 15) is 28.8 Å². The van der Waals surface area contributed by atoms with Crippen molar-refractivity contribution in [2.75, 3.05) is 21.3 Å². The Morgan fingerprint density at radius 1 is 0.826 bits per heavy atom. The molecule has 2 aliphatic heterocycles. The smallest absolute Gasteiger partial charge is 0.342 e. The fraction of sp³-hybridized carbons (Fsp3) is 0.548. The van der Waals surface area contributed by atoms with Crippen LogP contribution in [0.15, 0.2) is 11.6 Å². The highest BCUT2D eigenvalue weighted by atomic mass is 16.7. The van der Waals surface area contributed by atoms with Gasteiger partial charge in [0.25, 0.3) is 0 Å². The normalized spacial score (nSPS) is 22.1. The molecular formula is C31H38O15. The summed E-state index contributed by atoms with van der Waals surface area (Å²) in [6.45, 7) is 6.66. The third-order valence-electron chi connectivity index (χ3n) is 7.30. The van der Waals surface area contributed by atoms with Gasteiger partial charge < -0.3 is 42.6 Å². The van der Waals surface area contributed by atoms with Crippen LogP contribution in [-0.2, 0) is 70.2 Å². The quantitative estimate of drug-likeness (QED) is 0.182. The van der Waals surface area contributed by atoms with E-state index >= 15 is 0 Å². The van der Waals surface area contributed by atoms with E-state index in [1.165, 1.54) is 14.2 Å². The molecule has 1 aromatic carbocycles. The fourth-order valence-electron chi connectivity index (χ4n) is 5.21. The summed E-state index contributed by atoms with van der Waals surface area (Å²) in [5.74, 6) is -4.42. The zero-order valence-corrected chi connectivity index (χ0v) is 26.9.